The Kier molecular flexibility index (Phi) is 21.7. The van der Waals surface area contributed by atoms with Crippen LogP contribution in [-0.2, 0) is 0 Å². The topological polar surface area (TPSA) is 0 Å². The zero-order chi connectivity index (χ0) is 29.3. The van der Waals surface area contributed by atoms with Crippen LogP contribution in [0.1, 0.15) is 83.9 Å². The predicted molar refractivity (Wildman–Crippen MR) is 181 cm³/mol. The van der Waals surface area contributed by atoms with Crippen molar-refractivity contribution in [2.45, 2.75) is 88.0 Å². The molecule has 5 rings (SSSR count). The van der Waals surface area contributed by atoms with E-state index in [-0.39, 0.29) is 0 Å². The van der Waals surface area contributed by atoms with Crippen molar-refractivity contribution >= 4 is 21.5 Å². The molecule has 0 unspecified atom stereocenters. The largest absolute Gasteiger partial charge is 0.0683 e. The monoisotopic (exact) mass is 522 g/mol. The van der Waals surface area contributed by atoms with Crippen molar-refractivity contribution in [3.63, 3.8) is 0 Å². The second-order valence-corrected chi connectivity index (χ2v) is 9.30. The van der Waals surface area contributed by atoms with Gasteiger partial charge < -0.3 is 0 Å². The standard InChI is InChI=1S/2C11H10.C7H8.2C4H10.C2H6/c1-9-5-4-7-10-6-2-3-8-11(9)10;1-9-6-7-10-4-2-3-5-11(10)8-9;1-7-5-3-2-4-6-7;2*1-3-4-2;1-2/h2*2-8H,1H3;2-6H,1H3;2*3-4H2,1-2H3;1-2H3. The number of rotatable bonds is 2. The van der Waals surface area contributed by atoms with Gasteiger partial charge in [0.2, 0.25) is 0 Å². The fourth-order valence-electron chi connectivity index (χ4n) is 3.23. The Bertz CT molecular complexity index is 1220. The van der Waals surface area contributed by atoms with E-state index in [1.54, 1.807) is 0 Å². The highest BCUT2D eigenvalue weighted by Crippen LogP contribution is 2.16. The van der Waals surface area contributed by atoms with E-state index in [4.69, 9.17) is 0 Å². The van der Waals surface area contributed by atoms with Crippen molar-refractivity contribution < 1.29 is 0 Å². The molecular weight excluding hydrogens is 468 g/mol. The molecule has 0 atom stereocenters. The van der Waals surface area contributed by atoms with E-state index in [0.29, 0.717) is 0 Å². The maximum absolute atomic E-state index is 2.20. The average Bonchev–Trinajstić information content (AvgIpc) is 3.00. The van der Waals surface area contributed by atoms with Gasteiger partial charge in [-0.3, -0.25) is 0 Å². The van der Waals surface area contributed by atoms with Gasteiger partial charge in [0.1, 0.15) is 0 Å². The van der Waals surface area contributed by atoms with E-state index in [2.05, 4.69) is 146 Å². The van der Waals surface area contributed by atoms with Crippen molar-refractivity contribution in [1.29, 1.82) is 0 Å². The molecular formula is C39H54. The summed E-state index contributed by atoms with van der Waals surface area (Å²) < 4.78 is 0. The van der Waals surface area contributed by atoms with Crippen LogP contribution in [-0.4, -0.2) is 0 Å². The molecule has 0 fully saturated rings. The normalized spacial score (nSPS) is 9.05. The van der Waals surface area contributed by atoms with Crippen LogP contribution >= 0.6 is 0 Å². The summed E-state index contributed by atoms with van der Waals surface area (Å²) in [5.41, 5.74) is 3.99. The Morgan fingerprint density at radius 1 is 0.385 bits per heavy atom. The Balaban J connectivity index is 0.000000484. The molecule has 0 amide bonds. The smallest absolute Gasteiger partial charge is 0.0155 e. The third kappa shape index (κ3) is 16.2. The molecule has 210 valence electrons. The second-order valence-electron chi connectivity index (χ2n) is 9.30. The van der Waals surface area contributed by atoms with Gasteiger partial charge in [0.25, 0.3) is 0 Å². The Labute approximate surface area is 241 Å². The minimum absolute atomic E-state index is 1.32. The SMILES string of the molecule is CC.CCCC.CCCC.Cc1ccc2ccccc2c1.Cc1cccc2ccccc12.Cc1ccccc1. The summed E-state index contributed by atoms with van der Waals surface area (Å²) in [5.74, 6) is 0. The number of hydrogen-bond acceptors (Lipinski definition) is 0. The first kappa shape index (κ1) is 35.6. The maximum atomic E-state index is 2.20. The van der Waals surface area contributed by atoms with Crippen molar-refractivity contribution in [3.05, 3.63) is 132 Å². The molecule has 0 radical (unpaired) electrons. The molecule has 0 aliphatic heterocycles. The lowest BCUT2D eigenvalue weighted by Crippen LogP contribution is -1.75. The van der Waals surface area contributed by atoms with Gasteiger partial charge in [-0.2, -0.15) is 0 Å². The lowest BCUT2D eigenvalue weighted by atomic mass is 10.1. The summed E-state index contributed by atoms with van der Waals surface area (Å²) in [4.78, 5) is 0. The van der Waals surface area contributed by atoms with Crippen LogP contribution < -0.4 is 0 Å². The van der Waals surface area contributed by atoms with Gasteiger partial charge >= 0.3 is 0 Å². The molecule has 0 nitrogen and oxygen atoms in total. The van der Waals surface area contributed by atoms with Gasteiger partial charge in [-0.15, -0.1) is 0 Å². The molecule has 0 N–H and O–H groups in total. The third-order valence-corrected chi connectivity index (χ3v) is 5.85. The Morgan fingerprint density at radius 3 is 1.33 bits per heavy atom. The van der Waals surface area contributed by atoms with Crippen LogP contribution in [0.25, 0.3) is 21.5 Å². The van der Waals surface area contributed by atoms with E-state index in [1.165, 1.54) is 63.9 Å². The lowest BCUT2D eigenvalue weighted by molar-refractivity contribution is 0.886. The summed E-state index contributed by atoms with van der Waals surface area (Å²) in [5, 5.41) is 5.33. The van der Waals surface area contributed by atoms with Gasteiger partial charge in [0.05, 0.1) is 0 Å². The van der Waals surface area contributed by atoms with Crippen molar-refractivity contribution in [3.8, 4) is 0 Å². The zero-order valence-electron chi connectivity index (χ0n) is 26.3. The number of hydrogen-bond donors (Lipinski definition) is 0. The van der Waals surface area contributed by atoms with Gasteiger partial charge in [-0.1, -0.05) is 194 Å². The molecule has 39 heavy (non-hydrogen) atoms. The zero-order valence-corrected chi connectivity index (χ0v) is 26.3. The minimum Gasteiger partial charge on any atom is -0.0683 e. The summed E-state index contributed by atoms with van der Waals surface area (Å²) >= 11 is 0. The van der Waals surface area contributed by atoms with Crippen molar-refractivity contribution in [1.82, 2.24) is 0 Å². The Hall–Kier alpha value is -3.38. The second kappa shape index (κ2) is 23.7. The number of fused-ring (bicyclic) bond motifs is 2. The van der Waals surface area contributed by atoms with E-state index in [9.17, 15) is 0 Å². The summed E-state index contributed by atoms with van der Waals surface area (Å²) in [7, 11) is 0. The van der Waals surface area contributed by atoms with Crippen LogP contribution in [0.15, 0.2) is 115 Å². The van der Waals surface area contributed by atoms with Crippen LogP contribution in [0.5, 0.6) is 0 Å². The first-order chi connectivity index (χ1) is 19.0. The van der Waals surface area contributed by atoms with E-state index >= 15 is 0 Å². The highest BCUT2D eigenvalue weighted by molar-refractivity contribution is 5.85. The number of aryl methyl sites for hydroxylation is 3. The molecule has 0 aliphatic rings. The van der Waals surface area contributed by atoms with Crippen LogP contribution in [0, 0.1) is 20.8 Å². The minimum atomic E-state index is 1.32. The van der Waals surface area contributed by atoms with Crippen LogP contribution in [0.3, 0.4) is 0 Å². The Morgan fingerprint density at radius 2 is 0.846 bits per heavy atom. The van der Waals surface area contributed by atoms with Gasteiger partial charge in [-0.05, 0) is 47.9 Å². The molecule has 0 aromatic heterocycles. The summed E-state index contributed by atoms with van der Waals surface area (Å²) in [6, 6.07) is 40.0. The molecule has 5 aromatic rings. The summed E-state index contributed by atoms with van der Waals surface area (Å²) in [6.07, 6.45) is 5.28. The van der Waals surface area contributed by atoms with Gasteiger partial charge in [-0.25, -0.2) is 0 Å². The van der Waals surface area contributed by atoms with Gasteiger partial charge in [0, 0.05) is 0 Å². The average molecular weight is 523 g/mol. The molecule has 0 bridgehead atoms. The number of unbranched alkanes of at least 4 members (excludes halogenated alkanes) is 2. The first-order valence-electron chi connectivity index (χ1n) is 14.9. The maximum Gasteiger partial charge on any atom is -0.0155 e. The summed E-state index contributed by atoms with van der Waals surface area (Å²) in [6.45, 7) is 19.1. The van der Waals surface area contributed by atoms with E-state index in [1.807, 2.05) is 32.0 Å². The highest BCUT2D eigenvalue weighted by Gasteiger charge is 1.92. The molecule has 0 heteroatoms. The molecule has 0 saturated heterocycles. The molecule has 5 aromatic carbocycles. The predicted octanol–water partition coefficient (Wildman–Crippen LogP) is 12.9. The first-order valence-corrected chi connectivity index (χ1v) is 14.9. The van der Waals surface area contributed by atoms with Crippen molar-refractivity contribution in [2.24, 2.45) is 0 Å². The van der Waals surface area contributed by atoms with Crippen molar-refractivity contribution in [2.75, 3.05) is 0 Å². The fourth-order valence-corrected chi connectivity index (χ4v) is 3.23. The van der Waals surface area contributed by atoms with E-state index in [0.717, 1.165) is 0 Å². The van der Waals surface area contributed by atoms with Crippen LogP contribution in [0.2, 0.25) is 0 Å². The highest BCUT2D eigenvalue weighted by atomic mass is 14.0. The fraction of sp³-hybridized carbons (Fsp3) is 0.333. The number of benzene rings is 5. The molecule has 0 aliphatic carbocycles. The molecule has 0 saturated carbocycles. The molecule has 0 spiro atoms. The van der Waals surface area contributed by atoms with E-state index < -0.39 is 0 Å². The molecule has 0 heterocycles. The third-order valence-electron chi connectivity index (χ3n) is 5.85. The lowest BCUT2D eigenvalue weighted by Gasteiger charge is -1.98. The van der Waals surface area contributed by atoms with Gasteiger partial charge in [0.15, 0.2) is 0 Å². The van der Waals surface area contributed by atoms with Crippen LogP contribution in [0.4, 0.5) is 0 Å². The quantitative estimate of drug-likeness (QED) is 0.216.